The number of esters is 1. The molecule has 1 aromatic heterocycles. The number of ether oxygens (including phenoxy) is 1. The molecule has 0 saturated heterocycles. The minimum atomic E-state index is -0.626. The molecule has 4 rings (SSSR count). The fourth-order valence-corrected chi connectivity index (χ4v) is 5.23. The van der Waals surface area contributed by atoms with Crippen LogP contribution in [-0.4, -0.2) is 35.4 Å². The van der Waals surface area contributed by atoms with Crippen LogP contribution >= 0.6 is 11.3 Å². The Balaban J connectivity index is 1.42. The summed E-state index contributed by atoms with van der Waals surface area (Å²) in [7, 11) is 1.73. The Morgan fingerprint density at radius 2 is 1.77 bits per heavy atom. The second-order valence-corrected chi connectivity index (χ2v) is 8.99. The highest BCUT2D eigenvalue weighted by Gasteiger charge is 2.44. The number of likely N-dealkylation sites (N-methyl/N-ethyl adjacent to an activating group) is 1. The number of benzene rings is 2. The fraction of sp³-hybridized carbons (Fsp3) is 0.375. The van der Waals surface area contributed by atoms with Gasteiger partial charge in [-0.05, 0) is 37.5 Å². The van der Waals surface area contributed by atoms with Crippen molar-refractivity contribution in [2.45, 2.75) is 44.1 Å². The van der Waals surface area contributed by atoms with Gasteiger partial charge in [-0.1, -0.05) is 55.3 Å². The summed E-state index contributed by atoms with van der Waals surface area (Å²) >= 11 is 1.58. The van der Waals surface area contributed by atoms with Crippen molar-refractivity contribution >= 4 is 33.4 Å². The summed E-state index contributed by atoms with van der Waals surface area (Å²) in [5, 5.41) is 0.870. The molecule has 1 saturated carbocycles. The zero-order chi connectivity index (χ0) is 21.1. The van der Waals surface area contributed by atoms with Gasteiger partial charge in [0.2, 0.25) is 0 Å². The van der Waals surface area contributed by atoms with Gasteiger partial charge in [0.15, 0.2) is 6.61 Å². The molecule has 6 heteroatoms. The number of fused-ring (bicyclic) bond motifs is 1. The maximum Gasteiger partial charge on any atom is 0.317 e. The van der Waals surface area contributed by atoms with Crippen LogP contribution in [0.1, 0.15) is 49.2 Å². The summed E-state index contributed by atoms with van der Waals surface area (Å²) in [6, 6.07) is 17.5. The van der Waals surface area contributed by atoms with Crippen molar-refractivity contribution in [2.75, 3.05) is 13.7 Å². The number of hydrogen-bond donors (Lipinski definition) is 0. The van der Waals surface area contributed by atoms with Gasteiger partial charge in [-0.15, -0.1) is 11.3 Å². The van der Waals surface area contributed by atoms with Gasteiger partial charge in [-0.25, -0.2) is 4.98 Å². The van der Waals surface area contributed by atoms with Crippen LogP contribution in [0.5, 0.6) is 0 Å². The van der Waals surface area contributed by atoms with E-state index in [0.29, 0.717) is 0 Å². The first-order valence-electron chi connectivity index (χ1n) is 10.4. The van der Waals surface area contributed by atoms with Gasteiger partial charge in [0, 0.05) is 7.05 Å². The van der Waals surface area contributed by atoms with Crippen LogP contribution in [-0.2, 0) is 19.7 Å². The van der Waals surface area contributed by atoms with Crippen molar-refractivity contribution in [3.05, 3.63) is 65.2 Å². The van der Waals surface area contributed by atoms with Crippen LogP contribution in [0.4, 0.5) is 0 Å². The quantitative estimate of drug-likeness (QED) is 0.532. The number of hydrogen-bond acceptors (Lipinski definition) is 5. The zero-order valence-electron chi connectivity index (χ0n) is 17.3. The number of thiazole rings is 1. The van der Waals surface area contributed by atoms with Crippen LogP contribution in [0, 0.1) is 0 Å². The van der Waals surface area contributed by atoms with Crippen LogP contribution in [0.2, 0.25) is 0 Å². The second kappa shape index (κ2) is 8.56. The average Bonchev–Trinajstić information content (AvgIpc) is 3.45. The molecular weight excluding hydrogens is 396 g/mol. The van der Waals surface area contributed by atoms with Gasteiger partial charge in [0.1, 0.15) is 5.01 Å². The first-order valence-corrected chi connectivity index (χ1v) is 11.2. The summed E-state index contributed by atoms with van der Waals surface area (Å²) in [5.41, 5.74) is 1.29. The first kappa shape index (κ1) is 20.5. The van der Waals surface area contributed by atoms with E-state index in [1.54, 1.807) is 23.3 Å². The van der Waals surface area contributed by atoms with Gasteiger partial charge >= 0.3 is 5.97 Å². The number of nitrogens with zero attached hydrogens (tertiary/aromatic N) is 2. The molecule has 1 amide bonds. The number of amides is 1. The number of carbonyl (C=O) groups excluding carboxylic acids is 2. The zero-order valence-corrected chi connectivity index (χ0v) is 18.2. The molecule has 1 heterocycles. The van der Waals surface area contributed by atoms with Crippen molar-refractivity contribution in [1.82, 2.24) is 9.88 Å². The molecule has 1 aliphatic rings. The maximum atomic E-state index is 13.0. The lowest BCUT2D eigenvalue weighted by molar-refractivity contribution is -0.157. The molecule has 2 aromatic carbocycles. The molecule has 0 unspecified atom stereocenters. The third-order valence-corrected chi connectivity index (χ3v) is 7.35. The van der Waals surface area contributed by atoms with Gasteiger partial charge < -0.3 is 9.64 Å². The van der Waals surface area contributed by atoms with Crippen molar-refractivity contribution in [3.8, 4) is 0 Å². The molecule has 0 N–H and O–H groups in total. The second-order valence-electron chi connectivity index (χ2n) is 7.93. The summed E-state index contributed by atoms with van der Waals surface area (Å²) in [6.45, 7) is 1.69. The summed E-state index contributed by atoms with van der Waals surface area (Å²) < 4.78 is 6.66. The Bertz CT molecular complexity index is 1010. The van der Waals surface area contributed by atoms with Gasteiger partial charge in [-0.3, -0.25) is 9.59 Å². The van der Waals surface area contributed by atoms with Crippen molar-refractivity contribution in [3.63, 3.8) is 0 Å². The smallest absolute Gasteiger partial charge is 0.317 e. The molecule has 1 fully saturated rings. The van der Waals surface area contributed by atoms with E-state index in [4.69, 9.17) is 4.74 Å². The molecule has 0 bridgehead atoms. The van der Waals surface area contributed by atoms with Crippen LogP contribution in [0.3, 0.4) is 0 Å². The lowest BCUT2D eigenvalue weighted by Crippen LogP contribution is -2.38. The molecule has 3 aromatic rings. The standard InChI is InChI=1S/C24H26N2O3S/c1-17(22-25-19-12-6-7-13-20(19)30-22)26(2)21(27)16-29-23(28)24(14-8-9-15-24)18-10-4-3-5-11-18/h3-7,10-13,17H,8-9,14-16H2,1-2H3/t17-/m0/s1. The number of carbonyl (C=O) groups is 2. The van der Waals surface area contributed by atoms with E-state index in [-0.39, 0.29) is 24.5 Å². The lowest BCUT2D eigenvalue weighted by atomic mass is 9.79. The van der Waals surface area contributed by atoms with Gasteiger partial charge in [-0.2, -0.15) is 0 Å². The Hall–Kier alpha value is -2.73. The van der Waals surface area contributed by atoms with E-state index in [1.165, 1.54) is 0 Å². The van der Waals surface area contributed by atoms with E-state index < -0.39 is 5.41 Å². The molecule has 0 radical (unpaired) electrons. The third kappa shape index (κ3) is 3.84. The molecule has 5 nitrogen and oxygen atoms in total. The van der Waals surface area contributed by atoms with E-state index >= 15 is 0 Å². The molecular formula is C24H26N2O3S. The highest BCUT2D eigenvalue weighted by atomic mass is 32.1. The number of aromatic nitrogens is 1. The Morgan fingerprint density at radius 1 is 1.10 bits per heavy atom. The van der Waals surface area contributed by atoms with E-state index in [2.05, 4.69) is 4.98 Å². The number of rotatable bonds is 6. The largest absolute Gasteiger partial charge is 0.455 e. The SMILES string of the molecule is C[C@@H](c1nc2ccccc2s1)N(C)C(=O)COC(=O)C1(c2ccccc2)CCCC1. The van der Waals surface area contributed by atoms with Crippen LogP contribution in [0.25, 0.3) is 10.2 Å². The fourth-order valence-electron chi connectivity index (χ4n) is 4.16. The Morgan fingerprint density at radius 3 is 2.47 bits per heavy atom. The van der Waals surface area contributed by atoms with Gasteiger partial charge in [0.05, 0.1) is 21.7 Å². The van der Waals surface area contributed by atoms with Crippen molar-refractivity contribution < 1.29 is 14.3 Å². The minimum absolute atomic E-state index is 0.192. The normalized spacial score (nSPS) is 16.3. The summed E-state index contributed by atoms with van der Waals surface area (Å²) in [4.78, 5) is 32.1. The predicted octanol–water partition coefficient (Wildman–Crippen LogP) is 4.87. The predicted molar refractivity (Wildman–Crippen MR) is 118 cm³/mol. The summed E-state index contributed by atoms with van der Waals surface area (Å²) in [6.07, 6.45) is 3.52. The van der Waals surface area contributed by atoms with Crippen LogP contribution in [0.15, 0.2) is 54.6 Å². The Labute approximate surface area is 180 Å². The van der Waals surface area contributed by atoms with E-state index in [0.717, 1.165) is 46.5 Å². The summed E-state index contributed by atoms with van der Waals surface area (Å²) in [5.74, 6) is -0.517. The topological polar surface area (TPSA) is 59.5 Å². The minimum Gasteiger partial charge on any atom is -0.455 e. The van der Waals surface area contributed by atoms with Crippen molar-refractivity contribution in [2.24, 2.45) is 0 Å². The van der Waals surface area contributed by atoms with Crippen LogP contribution < -0.4 is 0 Å². The molecule has 30 heavy (non-hydrogen) atoms. The average molecular weight is 423 g/mol. The molecule has 1 aliphatic carbocycles. The van der Waals surface area contributed by atoms with E-state index in [1.807, 2.05) is 61.5 Å². The van der Waals surface area contributed by atoms with Gasteiger partial charge in [0.25, 0.3) is 5.91 Å². The first-order chi connectivity index (χ1) is 14.5. The van der Waals surface area contributed by atoms with E-state index in [9.17, 15) is 9.59 Å². The van der Waals surface area contributed by atoms with Crippen molar-refractivity contribution in [1.29, 1.82) is 0 Å². The maximum absolute atomic E-state index is 13.0. The third-order valence-electron chi connectivity index (χ3n) is 6.14. The molecule has 156 valence electrons. The number of para-hydroxylation sites is 1. The Kier molecular flexibility index (Phi) is 5.86. The lowest BCUT2D eigenvalue weighted by Gasteiger charge is -2.28. The molecule has 0 spiro atoms. The highest BCUT2D eigenvalue weighted by molar-refractivity contribution is 7.18. The monoisotopic (exact) mass is 422 g/mol. The molecule has 0 aliphatic heterocycles. The highest BCUT2D eigenvalue weighted by Crippen LogP contribution is 2.42. The molecule has 1 atom stereocenters.